The summed E-state index contributed by atoms with van der Waals surface area (Å²) in [4.78, 5) is 14.1. The number of rotatable bonds is 4. The molecule has 0 aromatic heterocycles. The average Bonchev–Trinajstić information content (AvgIpc) is 2.98. The van der Waals surface area contributed by atoms with Gasteiger partial charge in [-0.25, -0.2) is 0 Å². The minimum absolute atomic E-state index is 0.0166. The van der Waals surface area contributed by atoms with Crippen molar-refractivity contribution in [3.8, 4) is 0 Å². The molecular formula is C15H21N3O2. The number of carbonyl (C=O) groups excluding carboxylic acids is 1. The Hall–Kier alpha value is -2.04. The molecule has 0 heterocycles. The molecule has 2 rings (SSSR count). The van der Waals surface area contributed by atoms with Gasteiger partial charge in [-0.2, -0.15) is 0 Å². The van der Waals surface area contributed by atoms with Crippen LogP contribution in [-0.4, -0.2) is 35.4 Å². The van der Waals surface area contributed by atoms with Crippen molar-refractivity contribution in [3.05, 3.63) is 35.4 Å². The topological polar surface area (TPSA) is 78.9 Å². The maximum atomic E-state index is 12.3. The van der Waals surface area contributed by atoms with Crippen molar-refractivity contribution in [2.45, 2.75) is 25.7 Å². The number of hydrogen-bond donors (Lipinski definition) is 2. The van der Waals surface area contributed by atoms with Gasteiger partial charge >= 0.3 is 0 Å². The van der Waals surface area contributed by atoms with Crippen LogP contribution in [0.3, 0.4) is 0 Å². The van der Waals surface area contributed by atoms with Crippen LogP contribution < -0.4 is 5.73 Å². The molecule has 0 atom stereocenters. The van der Waals surface area contributed by atoms with E-state index in [1.807, 2.05) is 7.05 Å². The molecule has 0 radical (unpaired) electrons. The molecule has 1 aliphatic carbocycles. The molecule has 1 amide bonds. The van der Waals surface area contributed by atoms with Gasteiger partial charge in [-0.3, -0.25) is 4.79 Å². The van der Waals surface area contributed by atoms with E-state index in [9.17, 15) is 4.79 Å². The Bertz CT molecular complexity index is 490. The molecule has 108 valence electrons. The Morgan fingerprint density at radius 3 is 2.40 bits per heavy atom. The van der Waals surface area contributed by atoms with Gasteiger partial charge in [0.1, 0.15) is 0 Å². The molecule has 3 N–H and O–H groups in total. The van der Waals surface area contributed by atoms with Gasteiger partial charge in [0.05, 0.1) is 0 Å². The number of amides is 1. The normalized spacial score (nSPS) is 16.4. The van der Waals surface area contributed by atoms with Crippen LogP contribution in [0, 0.1) is 5.92 Å². The van der Waals surface area contributed by atoms with Crippen molar-refractivity contribution < 1.29 is 10.0 Å². The van der Waals surface area contributed by atoms with E-state index in [2.05, 4.69) is 5.16 Å². The molecule has 0 aliphatic heterocycles. The summed E-state index contributed by atoms with van der Waals surface area (Å²) in [5.41, 5.74) is 6.72. The number of carbonyl (C=O) groups is 1. The van der Waals surface area contributed by atoms with E-state index in [4.69, 9.17) is 10.9 Å². The zero-order valence-electron chi connectivity index (χ0n) is 11.7. The number of hydrogen-bond acceptors (Lipinski definition) is 3. The fourth-order valence-electron chi connectivity index (χ4n) is 2.72. The number of nitrogens with zero attached hydrogens (tertiary/aromatic N) is 2. The molecule has 0 bridgehead atoms. The molecule has 1 saturated carbocycles. The number of benzene rings is 1. The monoisotopic (exact) mass is 275 g/mol. The van der Waals surface area contributed by atoms with Crippen LogP contribution in [0.4, 0.5) is 0 Å². The van der Waals surface area contributed by atoms with Gasteiger partial charge in [0, 0.05) is 24.7 Å². The second-order valence-corrected chi connectivity index (χ2v) is 5.40. The fraction of sp³-hybridized carbons (Fsp3) is 0.467. The number of nitrogens with two attached hydrogens (primary N) is 1. The molecule has 5 heteroatoms. The van der Waals surface area contributed by atoms with E-state index in [0.717, 1.165) is 6.54 Å². The lowest BCUT2D eigenvalue weighted by Crippen LogP contribution is -2.31. The number of oxime groups is 1. The van der Waals surface area contributed by atoms with Crippen LogP contribution >= 0.6 is 0 Å². The minimum Gasteiger partial charge on any atom is -0.409 e. The van der Waals surface area contributed by atoms with Crippen LogP contribution in [0.2, 0.25) is 0 Å². The van der Waals surface area contributed by atoms with Crippen molar-refractivity contribution in [3.63, 3.8) is 0 Å². The van der Waals surface area contributed by atoms with E-state index >= 15 is 0 Å². The van der Waals surface area contributed by atoms with E-state index < -0.39 is 0 Å². The predicted molar refractivity (Wildman–Crippen MR) is 77.9 cm³/mol. The average molecular weight is 275 g/mol. The van der Waals surface area contributed by atoms with Gasteiger partial charge < -0.3 is 15.8 Å². The smallest absolute Gasteiger partial charge is 0.253 e. The maximum Gasteiger partial charge on any atom is 0.253 e. The van der Waals surface area contributed by atoms with Gasteiger partial charge in [0.25, 0.3) is 5.91 Å². The Balaban J connectivity index is 2.00. The largest absolute Gasteiger partial charge is 0.409 e. The lowest BCUT2D eigenvalue weighted by Gasteiger charge is -2.21. The van der Waals surface area contributed by atoms with E-state index in [1.165, 1.54) is 25.7 Å². The van der Waals surface area contributed by atoms with Gasteiger partial charge in [0.2, 0.25) is 0 Å². The third-order valence-electron chi connectivity index (χ3n) is 3.89. The van der Waals surface area contributed by atoms with Crippen molar-refractivity contribution in [2.75, 3.05) is 13.6 Å². The molecule has 0 spiro atoms. The van der Waals surface area contributed by atoms with E-state index in [-0.39, 0.29) is 11.7 Å². The molecule has 1 aliphatic rings. The first-order chi connectivity index (χ1) is 9.61. The quantitative estimate of drug-likeness (QED) is 0.382. The molecular weight excluding hydrogens is 254 g/mol. The summed E-state index contributed by atoms with van der Waals surface area (Å²) in [7, 11) is 1.85. The molecule has 5 nitrogen and oxygen atoms in total. The van der Waals surface area contributed by atoms with Crippen molar-refractivity contribution in [1.82, 2.24) is 4.90 Å². The summed E-state index contributed by atoms with van der Waals surface area (Å²) in [6, 6.07) is 6.79. The lowest BCUT2D eigenvalue weighted by molar-refractivity contribution is 0.0773. The standard InChI is InChI=1S/C15H21N3O2/c1-18(10-11-4-2-3-5-11)15(19)13-8-6-12(7-9-13)14(16)17-20/h6-9,11,20H,2-5,10H2,1H3,(H2,16,17). The first kappa shape index (κ1) is 14.4. The highest BCUT2D eigenvalue weighted by molar-refractivity contribution is 5.99. The third-order valence-corrected chi connectivity index (χ3v) is 3.89. The lowest BCUT2D eigenvalue weighted by atomic mass is 10.1. The SMILES string of the molecule is CN(CC1CCCC1)C(=O)c1ccc(C(N)=NO)cc1. The van der Waals surface area contributed by atoms with E-state index in [0.29, 0.717) is 17.0 Å². The Morgan fingerprint density at radius 1 is 1.30 bits per heavy atom. The van der Waals surface area contributed by atoms with Crippen LogP contribution in [0.5, 0.6) is 0 Å². The van der Waals surface area contributed by atoms with Crippen molar-refractivity contribution in [1.29, 1.82) is 0 Å². The highest BCUT2D eigenvalue weighted by Gasteiger charge is 2.20. The number of amidine groups is 1. The summed E-state index contributed by atoms with van der Waals surface area (Å²) in [5, 5.41) is 11.5. The van der Waals surface area contributed by atoms with Gasteiger partial charge in [0.15, 0.2) is 5.84 Å². The summed E-state index contributed by atoms with van der Waals surface area (Å²) in [5.74, 6) is 0.701. The second kappa shape index (κ2) is 6.41. The highest BCUT2D eigenvalue weighted by atomic mass is 16.4. The van der Waals surface area contributed by atoms with Crippen LogP contribution in [0.1, 0.15) is 41.6 Å². The Kier molecular flexibility index (Phi) is 4.61. The molecule has 0 saturated heterocycles. The Morgan fingerprint density at radius 2 is 1.85 bits per heavy atom. The van der Waals surface area contributed by atoms with Crippen molar-refractivity contribution >= 4 is 11.7 Å². The summed E-state index contributed by atoms with van der Waals surface area (Å²) in [6.07, 6.45) is 5.00. The fourth-order valence-corrected chi connectivity index (χ4v) is 2.72. The second-order valence-electron chi connectivity index (χ2n) is 5.40. The first-order valence-electron chi connectivity index (χ1n) is 6.95. The van der Waals surface area contributed by atoms with Crippen molar-refractivity contribution in [2.24, 2.45) is 16.8 Å². The summed E-state index contributed by atoms with van der Waals surface area (Å²) >= 11 is 0. The zero-order valence-corrected chi connectivity index (χ0v) is 11.7. The first-order valence-corrected chi connectivity index (χ1v) is 6.95. The molecule has 1 aromatic rings. The minimum atomic E-state index is 0.0166. The van der Waals surface area contributed by atoms with Crippen LogP contribution in [-0.2, 0) is 0 Å². The molecule has 1 fully saturated rings. The van der Waals surface area contributed by atoms with Gasteiger partial charge in [-0.05, 0) is 30.9 Å². The summed E-state index contributed by atoms with van der Waals surface area (Å²) < 4.78 is 0. The predicted octanol–water partition coefficient (Wildman–Crippen LogP) is 2.04. The maximum absolute atomic E-state index is 12.3. The van der Waals surface area contributed by atoms with Gasteiger partial charge in [-0.1, -0.05) is 30.1 Å². The molecule has 20 heavy (non-hydrogen) atoms. The highest BCUT2D eigenvalue weighted by Crippen LogP contribution is 2.25. The molecule has 1 aromatic carbocycles. The van der Waals surface area contributed by atoms with Gasteiger partial charge in [-0.15, -0.1) is 0 Å². The Labute approximate surface area is 119 Å². The summed E-state index contributed by atoms with van der Waals surface area (Å²) in [6.45, 7) is 0.820. The van der Waals surface area contributed by atoms with E-state index in [1.54, 1.807) is 29.2 Å². The molecule has 0 unspecified atom stereocenters. The van der Waals surface area contributed by atoms with Crippen LogP contribution in [0.25, 0.3) is 0 Å². The zero-order chi connectivity index (χ0) is 14.5. The van der Waals surface area contributed by atoms with Crippen LogP contribution in [0.15, 0.2) is 29.4 Å². The third kappa shape index (κ3) is 3.29.